The molecular formula is C19H17N3. The molecule has 3 aromatic rings. The van der Waals surface area contributed by atoms with Crippen LogP contribution in [0.4, 0.5) is 5.82 Å². The fourth-order valence-electron chi connectivity index (χ4n) is 2.14. The summed E-state index contributed by atoms with van der Waals surface area (Å²) >= 11 is 0. The Morgan fingerprint density at radius 3 is 2.36 bits per heavy atom. The summed E-state index contributed by atoms with van der Waals surface area (Å²) in [5.41, 5.74) is 10.8. The number of aryl methyl sites for hydroxylation is 1. The van der Waals surface area contributed by atoms with Crippen molar-refractivity contribution in [1.29, 1.82) is 0 Å². The molecule has 0 atom stereocenters. The lowest BCUT2D eigenvalue weighted by atomic mass is 10.1. The standard InChI is InChI=1S/C19H17N3/c1-14-7-10-16(11-8-14)18-13-21-19(20)17(22-18)12-9-15-5-3-2-4-6-15/h2-13H,1H3,(H2,20,21)/b12-9-. The largest absolute Gasteiger partial charge is 0.382 e. The van der Waals surface area contributed by atoms with Crippen molar-refractivity contribution < 1.29 is 0 Å². The Hall–Kier alpha value is -2.94. The van der Waals surface area contributed by atoms with Crippen LogP contribution < -0.4 is 5.73 Å². The summed E-state index contributed by atoms with van der Waals surface area (Å²) in [6.07, 6.45) is 5.59. The number of hydrogen-bond donors (Lipinski definition) is 1. The van der Waals surface area contributed by atoms with Crippen molar-refractivity contribution >= 4 is 18.0 Å². The van der Waals surface area contributed by atoms with Gasteiger partial charge in [0.2, 0.25) is 0 Å². The minimum Gasteiger partial charge on any atom is -0.382 e. The highest BCUT2D eigenvalue weighted by atomic mass is 14.9. The van der Waals surface area contributed by atoms with Gasteiger partial charge in [0.1, 0.15) is 11.5 Å². The Labute approximate surface area is 130 Å². The van der Waals surface area contributed by atoms with Crippen molar-refractivity contribution in [2.75, 3.05) is 5.73 Å². The van der Waals surface area contributed by atoms with E-state index in [0.29, 0.717) is 11.5 Å². The van der Waals surface area contributed by atoms with E-state index in [2.05, 4.69) is 29.0 Å². The summed E-state index contributed by atoms with van der Waals surface area (Å²) < 4.78 is 0. The van der Waals surface area contributed by atoms with Crippen LogP contribution in [0.2, 0.25) is 0 Å². The molecule has 0 saturated carbocycles. The Morgan fingerprint density at radius 1 is 0.909 bits per heavy atom. The Balaban J connectivity index is 1.93. The average molecular weight is 287 g/mol. The first kappa shape index (κ1) is 14.0. The number of benzene rings is 2. The van der Waals surface area contributed by atoms with Crippen molar-refractivity contribution in [2.24, 2.45) is 0 Å². The molecule has 0 spiro atoms. The van der Waals surface area contributed by atoms with Gasteiger partial charge < -0.3 is 5.73 Å². The minimum atomic E-state index is 0.433. The lowest BCUT2D eigenvalue weighted by Gasteiger charge is -2.04. The first-order valence-electron chi connectivity index (χ1n) is 7.15. The van der Waals surface area contributed by atoms with Gasteiger partial charge in [0.15, 0.2) is 0 Å². The maximum atomic E-state index is 5.93. The molecule has 0 aliphatic carbocycles. The first-order valence-corrected chi connectivity index (χ1v) is 7.15. The second-order valence-corrected chi connectivity index (χ2v) is 5.14. The third-order valence-corrected chi connectivity index (χ3v) is 3.41. The molecule has 0 aliphatic rings. The topological polar surface area (TPSA) is 51.8 Å². The van der Waals surface area contributed by atoms with Crippen LogP contribution in [0.25, 0.3) is 23.4 Å². The van der Waals surface area contributed by atoms with E-state index < -0.39 is 0 Å². The normalized spacial score (nSPS) is 11.0. The van der Waals surface area contributed by atoms with E-state index in [4.69, 9.17) is 5.73 Å². The highest BCUT2D eigenvalue weighted by Crippen LogP contribution is 2.20. The predicted molar refractivity (Wildman–Crippen MR) is 92.0 cm³/mol. The first-order chi connectivity index (χ1) is 10.7. The van der Waals surface area contributed by atoms with Gasteiger partial charge in [-0.2, -0.15) is 0 Å². The number of nitrogens with zero attached hydrogens (tertiary/aromatic N) is 2. The quantitative estimate of drug-likeness (QED) is 0.785. The second-order valence-electron chi connectivity index (χ2n) is 5.14. The van der Waals surface area contributed by atoms with E-state index in [0.717, 1.165) is 16.8 Å². The molecule has 0 fully saturated rings. The predicted octanol–water partition coefficient (Wildman–Crippen LogP) is 4.20. The molecule has 0 radical (unpaired) electrons. The van der Waals surface area contributed by atoms with E-state index in [-0.39, 0.29) is 0 Å². The fraction of sp³-hybridized carbons (Fsp3) is 0.0526. The van der Waals surface area contributed by atoms with Gasteiger partial charge in [-0.25, -0.2) is 9.97 Å². The van der Waals surface area contributed by atoms with Gasteiger partial charge in [-0.3, -0.25) is 0 Å². The molecule has 3 rings (SSSR count). The number of nitrogens with two attached hydrogens (primary N) is 1. The summed E-state index contributed by atoms with van der Waals surface area (Å²) in [6.45, 7) is 2.06. The van der Waals surface area contributed by atoms with E-state index in [1.165, 1.54) is 5.56 Å². The van der Waals surface area contributed by atoms with Crippen LogP contribution in [-0.2, 0) is 0 Å². The zero-order chi connectivity index (χ0) is 15.4. The van der Waals surface area contributed by atoms with Gasteiger partial charge in [-0.15, -0.1) is 0 Å². The van der Waals surface area contributed by atoms with Gasteiger partial charge in [0.05, 0.1) is 11.9 Å². The molecule has 108 valence electrons. The molecule has 1 heterocycles. The maximum Gasteiger partial charge on any atom is 0.149 e. The number of nitrogen functional groups attached to an aromatic ring is 1. The Kier molecular flexibility index (Phi) is 3.97. The fourth-order valence-corrected chi connectivity index (χ4v) is 2.14. The summed E-state index contributed by atoms with van der Waals surface area (Å²) in [7, 11) is 0. The minimum absolute atomic E-state index is 0.433. The van der Waals surface area contributed by atoms with Gasteiger partial charge >= 0.3 is 0 Å². The second kappa shape index (κ2) is 6.22. The molecule has 2 N–H and O–H groups in total. The highest BCUT2D eigenvalue weighted by molar-refractivity contribution is 5.73. The van der Waals surface area contributed by atoms with E-state index in [1.54, 1.807) is 6.20 Å². The smallest absolute Gasteiger partial charge is 0.149 e. The number of hydrogen-bond acceptors (Lipinski definition) is 3. The van der Waals surface area contributed by atoms with Crippen LogP contribution in [0.1, 0.15) is 16.8 Å². The Morgan fingerprint density at radius 2 is 1.64 bits per heavy atom. The van der Waals surface area contributed by atoms with Crippen molar-refractivity contribution in [1.82, 2.24) is 9.97 Å². The average Bonchev–Trinajstić information content (AvgIpc) is 2.56. The SMILES string of the molecule is Cc1ccc(-c2cnc(N)c(/C=C\c3ccccc3)n2)cc1. The van der Waals surface area contributed by atoms with E-state index >= 15 is 0 Å². The summed E-state index contributed by atoms with van der Waals surface area (Å²) in [4.78, 5) is 8.87. The molecule has 2 aromatic carbocycles. The van der Waals surface area contributed by atoms with Gasteiger partial charge in [0, 0.05) is 5.56 Å². The van der Waals surface area contributed by atoms with Crippen molar-refractivity contribution in [3.63, 3.8) is 0 Å². The molecule has 3 heteroatoms. The van der Waals surface area contributed by atoms with E-state index in [9.17, 15) is 0 Å². The van der Waals surface area contributed by atoms with Crippen LogP contribution in [0.15, 0.2) is 60.8 Å². The zero-order valence-electron chi connectivity index (χ0n) is 12.4. The summed E-state index contributed by atoms with van der Waals surface area (Å²) in [5.74, 6) is 0.433. The third-order valence-electron chi connectivity index (χ3n) is 3.41. The lowest BCUT2D eigenvalue weighted by molar-refractivity contribution is 1.19. The summed E-state index contributed by atoms with van der Waals surface area (Å²) in [6, 6.07) is 18.3. The molecule has 0 amide bonds. The van der Waals surface area contributed by atoms with Crippen molar-refractivity contribution in [3.8, 4) is 11.3 Å². The van der Waals surface area contributed by atoms with Crippen molar-refractivity contribution in [3.05, 3.63) is 77.6 Å². The van der Waals surface area contributed by atoms with Crippen LogP contribution in [0, 0.1) is 6.92 Å². The molecule has 3 nitrogen and oxygen atoms in total. The molecule has 0 aliphatic heterocycles. The molecular weight excluding hydrogens is 270 g/mol. The summed E-state index contributed by atoms with van der Waals surface area (Å²) in [5, 5.41) is 0. The number of anilines is 1. The highest BCUT2D eigenvalue weighted by Gasteiger charge is 2.04. The molecule has 0 bridgehead atoms. The molecule has 0 saturated heterocycles. The van der Waals surface area contributed by atoms with Crippen LogP contribution in [0.3, 0.4) is 0 Å². The molecule has 22 heavy (non-hydrogen) atoms. The third kappa shape index (κ3) is 3.20. The molecule has 0 unspecified atom stereocenters. The monoisotopic (exact) mass is 287 g/mol. The van der Waals surface area contributed by atoms with Crippen molar-refractivity contribution in [2.45, 2.75) is 6.92 Å². The van der Waals surface area contributed by atoms with Crippen LogP contribution in [-0.4, -0.2) is 9.97 Å². The van der Waals surface area contributed by atoms with Crippen LogP contribution in [0.5, 0.6) is 0 Å². The number of rotatable bonds is 3. The number of aromatic nitrogens is 2. The van der Waals surface area contributed by atoms with Gasteiger partial charge in [-0.05, 0) is 18.6 Å². The lowest BCUT2D eigenvalue weighted by Crippen LogP contribution is -1.98. The van der Waals surface area contributed by atoms with Crippen LogP contribution >= 0.6 is 0 Å². The maximum absolute atomic E-state index is 5.93. The van der Waals surface area contributed by atoms with Gasteiger partial charge in [-0.1, -0.05) is 66.2 Å². The zero-order valence-corrected chi connectivity index (χ0v) is 12.4. The van der Waals surface area contributed by atoms with Gasteiger partial charge in [0.25, 0.3) is 0 Å². The Bertz CT molecular complexity index is 791. The van der Waals surface area contributed by atoms with E-state index in [1.807, 2.05) is 54.6 Å². The molecule has 1 aromatic heterocycles.